The molecule has 2 aromatic rings. The number of aromatic nitrogens is 2. The molecule has 140 valence electrons. The third kappa shape index (κ3) is 3.45. The first-order valence-corrected chi connectivity index (χ1v) is 9.74. The zero-order valence-corrected chi connectivity index (χ0v) is 16.0. The number of ether oxygens (including phenoxy) is 1. The molecule has 26 heavy (non-hydrogen) atoms. The number of anilines is 1. The molecule has 1 aromatic heterocycles. The van der Waals surface area contributed by atoms with Crippen LogP contribution in [-0.2, 0) is 14.8 Å². The second-order valence-corrected chi connectivity index (χ2v) is 8.20. The van der Waals surface area contributed by atoms with Crippen molar-refractivity contribution in [1.29, 1.82) is 0 Å². The number of cyclic esters (lactones) is 1. The van der Waals surface area contributed by atoms with Crippen LogP contribution < -0.4 is 9.62 Å². The molecule has 8 nitrogen and oxygen atoms in total. The van der Waals surface area contributed by atoms with E-state index in [1.807, 2.05) is 32.0 Å². The smallest absolute Gasteiger partial charge is 0.414 e. The van der Waals surface area contributed by atoms with Crippen LogP contribution in [0.5, 0.6) is 0 Å². The molecule has 2 N–H and O–H groups in total. The first kappa shape index (κ1) is 18.4. The zero-order chi connectivity index (χ0) is 19.1. The summed E-state index contributed by atoms with van der Waals surface area (Å²) < 4.78 is 32.8. The van der Waals surface area contributed by atoms with Gasteiger partial charge in [-0.2, -0.15) is 5.10 Å². The summed E-state index contributed by atoms with van der Waals surface area (Å²) in [6, 6.07) is 5.72. The summed E-state index contributed by atoms with van der Waals surface area (Å²) in [5, 5.41) is 6.56. The molecule has 9 heteroatoms. The average Bonchev–Trinajstić information content (AvgIpc) is 3.11. The lowest BCUT2D eigenvalue weighted by molar-refractivity contribution is 0.143. The second kappa shape index (κ2) is 6.73. The van der Waals surface area contributed by atoms with Gasteiger partial charge in [0, 0.05) is 12.2 Å². The minimum absolute atomic E-state index is 0.000519. The number of sulfonamides is 1. The Kier molecular flexibility index (Phi) is 4.76. The van der Waals surface area contributed by atoms with Gasteiger partial charge in [0.2, 0.25) is 10.0 Å². The fraction of sp³-hybridized carbons (Fsp3) is 0.412. The van der Waals surface area contributed by atoms with Gasteiger partial charge >= 0.3 is 6.09 Å². The molecule has 0 radical (unpaired) electrons. The van der Waals surface area contributed by atoms with Crippen LogP contribution in [0.1, 0.15) is 22.5 Å². The number of hydrogen-bond acceptors (Lipinski definition) is 5. The van der Waals surface area contributed by atoms with Crippen LogP contribution in [0.25, 0.3) is 0 Å². The summed E-state index contributed by atoms with van der Waals surface area (Å²) in [7, 11) is -3.73. The van der Waals surface area contributed by atoms with Crippen molar-refractivity contribution in [2.75, 3.05) is 18.0 Å². The van der Waals surface area contributed by atoms with Gasteiger partial charge in [-0.3, -0.25) is 10.00 Å². The molecule has 1 amide bonds. The van der Waals surface area contributed by atoms with E-state index in [9.17, 15) is 13.2 Å². The number of nitrogens with one attached hydrogen (secondary N) is 2. The minimum Gasteiger partial charge on any atom is -0.443 e. The molecule has 0 bridgehead atoms. The van der Waals surface area contributed by atoms with Crippen molar-refractivity contribution in [1.82, 2.24) is 14.9 Å². The van der Waals surface area contributed by atoms with Gasteiger partial charge in [0.1, 0.15) is 11.0 Å². The number of rotatable bonds is 5. The Balaban J connectivity index is 1.69. The van der Waals surface area contributed by atoms with E-state index in [2.05, 4.69) is 14.9 Å². The summed E-state index contributed by atoms with van der Waals surface area (Å²) in [6.45, 7) is 7.52. The Morgan fingerprint density at radius 3 is 2.62 bits per heavy atom. The van der Waals surface area contributed by atoms with Crippen LogP contribution in [-0.4, -0.2) is 43.9 Å². The van der Waals surface area contributed by atoms with Gasteiger partial charge in [0.25, 0.3) is 0 Å². The van der Waals surface area contributed by atoms with Gasteiger partial charge < -0.3 is 4.74 Å². The number of amides is 1. The predicted molar refractivity (Wildman–Crippen MR) is 96.8 cm³/mol. The van der Waals surface area contributed by atoms with Crippen LogP contribution in [0, 0.1) is 27.7 Å². The van der Waals surface area contributed by atoms with Crippen molar-refractivity contribution in [3.05, 3.63) is 40.7 Å². The number of H-pyrrole nitrogens is 1. The normalized spacial score (nSPS) is 17.6. The third-order valence-electron chi connectivity index (χ3n) is 4.51. The van der Waals surface area contributed by atoms with Crippen LogP contribution in [0.4, 0.5) is 10.5 Å². The Morgan fingerprint density at radius 1 is 1.27 bits per heavy atom. The topological polar surface area (TPSA) is 104 Å². The quantitative estimate of drug-likeness (QED) is 0.827. The first-order chi connectivity index (χ1) is 12.2. The highest BCUT2D eigenvalue weighted by Crippen LogP contribution is 2.24. The number of aromatic amines is 1. The van der Waals surface area contributed by atoms with E-state index in [4.69, 9.17) is 4.74 Å². The van der Waals surface area contributed by atoms with Gasteiger partial charge in [-0.05, 0) is 51.0 Å². The van der Waals surface area contributed by atoms with Gasteiger partial charge in [-0.25, -0.2) is 17.9 Å². The lowest BCUT2D eigenvalue weighted by atomic mass is 10.1. The molecular weight excluding hydrogens is 356 g/mol. The van der Waals surface area contributed by atoms with E-state index < -0.39 is 22.2 Å². The summed E-state index contributed by atoms with van der Waals surface area (Å²) in [5.74, 6) is 0. The highest BCUT2D eigenvalue weighted by atomic mass is 32.2. The second-order valence-electron chi connectivity index (χ2n) is 6.50. The first-order valence-electron chi connectivity index (χ1n) is 8.25. The summed E-state index contributed by atoms with van der Waals surface area (Å²) in [6.07, 6.45) is -1.04. The summed E-state index contributed by atoms with van der Waals surface area (Å²) >= 11 is 0. The molecule has 1 aliphatic heterocycles. The summed E-state index contributed by atoms with van der Waals surface area (Å²) in [5.41, 5.74) is 3.82. The Morgan fingerprint density at radius 2 is 2.00 bits per heavy atom. The Labute approximate surface area is 152 Å². The molecule has 0 spiro atoms. The van der Waals surface area contributed by atoms with Crippen LogP contribution in [0.2, 0.25) is 0 Å². The van der Waals surface area contributed by atoms with Crippen molar-refractivity contribution in [2.24, 2.45) is 0 Å². The Hall–Kier alpha value is -2.39. The largest absolute Gasteiger partial charge is 0.443 e. The number of carbonyl (C=O) groups is 1. The fourth-order valence-electron chi connectivity index (χ4n) is 2.94. The van der Waals surface area contributed by atoms with E-state index in [0.29, 0.717) is 11.4 Å². The van der Waals surface area contributed by atoms with Gasteiger partial charge in [0.15, 0.2) is 0 Å². The molecule has 1 aromatic carbocycles. The number of hydrogen-bond donors (Lipinski definition) is 2. The number of aryl methyl sites for hydroxylation is 4. The molecule has 3 rings (SSSR count). The monoisotopic (exact) mass is 378 g/mol. The molecule has 1 aliphatic rings. The van der Waals surface area contributed by atoms with Gasteiger partial charge in [0.05, 0.1) is 17.9 Å². The molecule has 1 fully saturated rings. The summed E-state index contributed by atoms with van der Waals surface area (Å²) in [4.78, 5) is 13.8. The van der Waals surface area contributed by atoms with Gasteiger partial charge in [-0.15, -0.1) is 0 Å². The predicted octanol–water partition coefficient (Wildman–Crippen LogP) is 1.95. The van der Waals surface area contributed by atoms with Crippen LogP contribution >= 0.6 is 0 Å². The number of nitrogens with zero attached hydrogens (tertiary/aromatic N) is 2. The van der Waals surface area contributed by atoms with E-state index in [0.717, 1.165) is 16.8 Å². The van der Waals surface area contributed by atoms with Crippen LogP contribution in [0.15, 0.2) is 23.1 Å². The zero-order valence-electron chi connectivity index (χ0n) is 15.2. The lowest BCUT2D eigenvalue weighted by Crippen LogP contribution is -2.35. The molecule has 2 heterocycles. The van der Waals surface area contributed by atoms with Crippen molar-refractivity contribution >= 4 is 21.8 Å². The molecule has 1 unspecified atom stereocenters. The van der Waals surface area contributed by atoms with Crippen molar-refractivity contribution in [2.45, 2.75) is 38.7 Å². The highest BCUT2D eigenvalue weighted by Gasteiger charge is 2.34. The maximum atomic E-state index is 12.5. The molecular formula is C17H22N4O4S. The molecule has 0 saturated carbocycles. The fourth-order valence-corrected chi connectivity index (χ4v) is 4.38. The van der Waals surface area contributed by atoms with E-state index in [1.165, 1.54) is 4.90 Å². The van der Waals surface area contributed by atoms with Crippen molar-refractivity contribution in [3.63, 3.8) is 0 Å². The maximum Gasteiger partial charge on any atom is 0.414 e. The molecule has 1 atom stereocenters. The number of benzene rings is 1. The average molecular weight is 378 g/mol. The SMILES string of the molecule is Cc1ccc(N2CC(CNS(=O)(=O)c3c(C)n[nH]c3C)OC2=O)cc1C. The van der Waals surface area contributed by atoms with Crippen molar-refractivity contribution in [3.8, 4) is 0 Å². The third-order valence-corrected chi connectivity index (χ3v) is 6.19. The molecule has 1 saturated heterocycles. The highest BCUT2D eigenvalue weighted by molar-refractivity contribution is 7.89. The van der Waals surface area contributed by atoms with E-state index in [1.54, 1.807) is 13.8 Å². The number of carbonyl (C=O) groups excluding carboxylic acids is 1. The minimum atomic E-state index is -3.73. The molecule has 0 aliphatic carbocycles. The van der Waals surface area contributed by atoms with E-state index in [-0.39, 0.29) is 18.0 Å². The lowest BCUT2D eigenvalue weighted by Gasteiger charge is -2.14. The maximum absolute atomic E-state index is 12.5. The van der Waals surface area contributed by atoms with E-state index >= 15 is 0 Å². The van der Waals surface area contributed by atoms with Crippen LogP contribution in [0.3, 0.4) is 0 Å². The van der Waals surface area contributed by atoms with Crippen molar-refractivity contribution < 1.29 is 17.9 Å². The Bertz CT molecular complexity index is 932. The standard InChI is InChI=1S/C17H22N4O4S/c1-10-5-6-14(7-11(10)2)21-9-15(25-17(21)22)8-18-26(23,24)16-12(3)19-20-13(16)4/h5-7,15,18H,8-9H2,1-4H3,(H,19,20). The van der Waals surface area contributed by atoms with Gasteiger partial charge in [-0.1, -0.05) is 6.07 Å².